The number of halogens is 3. The molecule has 1 aliphatic heterocycles. The number of imide groups is 1. The Kier molecular flexibility index (Phi) is 1.92. The molecule has 2 unspecified atom stereocenters. The van der Waals surface area contributed by atoms with Crippen molar-refractivity contribution in [1.29, 1.82) is 0 Å². The highest BCUT2D eigenvalue weighted by molar-refractivity contribution is 6.15. The number of pyridine rings is 1. The maximum absolute atomic E-state index is 12.3. The van der Waals surface area contributed by atoms with E-state index < -0.39 is 29.1 Å². The van der Waals surface area contributed by atoms with Crippen LogP contribution < -0.4 is 5.32 Å². The predicted octanol–water partition coefficient (Wildman–Crippen LogP) is 1.01. The topological polar surface area (TPSA) is 59.1 Å². The van der Waals surface area contributed by atoms with E-state index in [2.05, 4.69) is 10.3 Å². The van der Waals surface area contributed by atoms with Crippen molar-refractivity contribution in [3.05, 3.63) is 29.6 Å². The second-order valence-corrected chi connectivity index (χ2v) is 4.48. The zero-order valence-electron chi connectivity index (χ0n) is 8.91. The van der Waals surface area contributed by atoms with E-state index in [1.165, 1.54) is 6.07 Å². The first-order valence-electron chi connectivity index (χ1n) is 5.25. The zero-order valence-corrected chi connectivity index (χ0v) is 8.91. The van der Waals surface area contributed by atoms with Gasteiger partial charge in [-0.2, -0.15) is 13.2 Å². The summed E-state index contributed by atoms with van der Waals surface area (Å²) >= 11 is 0. The van der Waals surface area contributed by atoms with Gasteiger partial charge in [-0.15, -0.1) is 0 Å². The van der Waals surface area contributed by atoms with Gasteiger partial charge in [-0.3, -0.25) is 19.9 Å². The molecule has 0 aromatic carbocycles. The molecule has 4 nitrogen and oxygen atoms in total. The normalized spacial score (nSPS) is 30.1. The molecule has 1 aliphatic carbocycles. The van der Waals surface area contributed by atoms with Crippen LogP contribution >= 0.6 is 0 Å². The highest BCUT2D eigenvalue weighted by atomic mass is 19.4. The summed E-state index contributed by atoms with van der Waals surface area (Å²) in [6.45, 7) is 0. The highest BCUT2D eigenvalue weighted by Crippen LogP contribution is 2.57. The van der Waals surface area contributed by atoms with Crippen LogP contribution in [0.2, 0.25) is 0 Å². The van der Waals surface area contributed by atoms with Crippen molar-refractivity contribution < 1.29 is 22.8 Å². The Bertz CT molecular complexity index is 552. The van der Waals surface area contributed by atoms with Crippen LogP contribution in [0.3, 0.4) is 0 Å². The molecule has 1 aromatic heterocycles. The van der Waals surface area contributed by atoms with E-state index in [9.17, 15) is 22.8 Å². The molecule has 2 aliphatic rings. The van der Waals surface area contributed by atoms with Crippen LogP contribution in [0.15, 0.2) is 18.3 Å². The third-order valence-electron chi connectivity index (χ3n) is 3.49. The van der Waals surface area contributed by atoms with Crippen molar-refractivity contribution in [3.8, 4) is 0 Å². The molecule has 94 valence electrons. The monoisotopic (exact) mass is 256 g/mol. The molecule has 2 amide bonds. The Balaban J connectivity index is 1.96. The molecule has 3 rings (SSSR count). The lowest BCUT2D eigenvalue weighted by molar-refractivity contribution is -0.141. The van der Waals surface area contributed by atoms with E-state index in [1.807, 2.05) is 0 Å². The van der Waals surface area contributed by atoms with Gasteiger partial charge in [0.2, 0.25) is 11.8 Å². The van der Waals surface area contributed by atoms with Gasteiger partial charge in [-0.25, -0.2) is 0 Å². The minimum Gasteiger partial charge on any atom is -0.295 e. The summed E-state index contributed by atoms with van der Waals surface area (Å²) in [7, 11) is 0. The number of carbonyl (C=O) groups is 2. The molecule has 2 fully saturated rings. The number of amides is 2. The first kappa shape index (κ1) is 11.2. The second-order valence-electron chi connectivity index (χ2n) is 4.48. The number of fused-ring (bicyclic) bond motifs is 1. The molecule has 0 radical (unpaired) electrons. The van der Waals surface area contributed by atoms with Crippen LogP contribution in [0.25, 0.3) is 0 Å². The lowest BCUT2D eigenvalue weighted by Crippen LogP contribution is -2.30. The van der Waals surface area contributed by atoms with Gasteiger partial charge in [0.05, 0.1) is 11.3 Å². The SMILES string of the molecule is O=C1NC(=O)C2(c3ccc(C(F)(F)F)nc3)CC12. The van der Waals surface area contributed by atoms with E-state index in [4.69, 9.17) is 0 Å². The van der Waals surface area contributed by atoms with Crippen molar-refractivity contribution in [2.75, 3.05) is 0 Å². The standard InChI is InChI=1S/C11H7F3N2O2/c12-11(13,14)7-2-1-5(4-15-7)10-3-6(10)8(17)16-9(10)18/h1-2,4,6H,3H2,(H,16,17,18). The lowest BCUT2D eigenvalue weighted by atomic mass is 9.96. The fourth-order valence-corrected chi connectivity index (χ4v) is 2.42. The van der Waals surface area contributed by atoms with E-state index in [0.29, 0.717) is 12.0 Å². The molecule has 0 spiro atoms. The number of piperidine rings is 1. The average Bonchev–Trinajstić information content (AvgIpc) is 2.99. The first-order valence-corrected chi connectivity index (χ1v) is 5.25. The number of nitrogens with zero attached hydrogens (tertiary/aromatic N) is 1. The van der Waals surface area contributed by atoms with Crippen LogP contribution in [0, 0.1) is 5.92 Å². The molecular weight excluding hydrogens is 249 g/mol. The smallest absolute Gasteiger partial charge is 0.295 e. The van der Waals surface area contributed by atoms with Gasteiger partial charge in [0.15, 0.2) is 0 Å². The van der Waals surface area contributed by atoms with Crippen molar-refractivity contribution >= 4 is 11.8 Å². The zero-order chi connectivity index (χ0) is 13.1. The van der Waals surface area contributed by atoms with E-state index in [-0.39, 0.29) is 5.91 Å². The summed E-state index contributed by atoms with van der Waals surface area (Å²) in [4.78, 5) is 26.3. The highest BCUT2D eigenvalue weighted by Gasteiger charge is 2.69. The molecule has 1 saturated carbocycles. The maximum Gasteiger partial charge on any atom is 0.433 e. The van der Waals surface area contributed by atoms with Gasteiger partial charge >= 0.3 is 6.18 Å². The Morgan fingerprint density at radius 2 is 2.06 bits per heavy atom. The summed E-state index contributed by atoms with van der Waals surface area (Å²) in [5.41, 5.74) is -1.62. The van der Waals surface area contributed by atoms with Crippen LogP contribution in [0.5, 0.6) is 0 Å². The number of aromatic nitrogens is 1. The molecular formula is C11H7F3N2O2. The minimum absolute atomic E-state index is 0.352. The Hall–Kier alpha value is -1.92. The lowest BCUT2D eigenvalue weighted by Gasteiger charge is -2.11. The minimum atomic E-state index is -4.51. The van der Waals surface area contributed by atoms with Crippen molar-refractivity contribution in [3.63, 3.8) is 0 Å². The summed E-state index contributed by atoms with van der Waals surface area (Å²) in [5.74, 6) is -1.26. The number of carbonyl (C=O) groups excluding carboxylic acids is 2. The molecule has 1 saturated heterocycles. The van der Waals surface area contributed by atoms with Crippen molar-refractivity contribution in [2.24, 2.45) is 5.92 Å². The number of nitrogens with one attached hydrogen (secondary N) is 1. The second kappa shape index (κ2) is 3.09. The molecule has 1 N–H and O–H groups in total. The summed E-state index contributed by atoms with van der Waals surface area (Å²) < 4.78 is 37.0. The summed E-state index contributed by atoms with van der Waals surface area (Å²) in [5, 5.41) is 2.17. The fraction of sp³-hybridized carbons (Fsp3) is 0.364. The van der Waals surface area contributed by atoms with Crippen LogP contribution in [-0.2, 0) is 21.2 Å². The van der Waals surface area contributed by atoms with E-state index in [0.717, 1.165) is 12.3 Å². The Morgan fingerprint density at radius 3 is 2.44 bits per heavy atom. The third kappa shape index (κ3) is 1.30. The Morgan fingerprint density at radius 1 is 1.33 bits per heavy atom. The third-order valence-corrected chi connectivity index (χ3v) is 3.49. The van der Waals surface area contributed by atoms with Gasteiger partial charge in [0.25, 0.3) is 0 Å². The number of hydrogen-bond acceptors (Lipinski definition) is 3. The summed E-state index contributed by atoms with van der Waals surface area (Å²) in [6, 6.07) is 2.05. The van der Waals surface area contributed by atoms with Crippen LogP contribution in [0.1, 0.15) is 17.7 Å². The maximum atomic E-state index is 12.3. The average molecular weight is 256 g/mol. The molecule has 7 heteroatoms. The van der Waals surface area contributed by atoms with E-state index >= 15 is 0 Å². The van der Waals surface area contributed by atoms with Gasteiger partial charge in [-0.05, 0) is 18.1 Å². The van der Waals surface area contributed by atoms with Gasteiger partial charge in [-0.1, -0.05) is 6.07 Å². The first-order chi connectivity index (χ1) is 8.35. The molecule has 1 aromatic rings. The molecule has 18 heavy (non-hydrogen) atoms. The van der Waals surface area contributed by atoms with E-state index in [1.54, 1.807) is 0 Å². The number of alkyl halides is 3. The number of rotatable bonds is 1. The molecule has 2 atom stereocenters. The fourth-order valence-electron chi connectivity index (χ4n) is 2.42. The van der Waals surface area contributed by atoms with Crippen molar-refractivity contribution in [1.82, 2.24) is 10.3 Å². The van der Waals surface area contributed by atoms with Gasteiger partial charge in [0.1, 0.15) is 5.69 Å². The molecule has 0 bridgehead atoms. The van der Waals surface area contributed by atoms with Crippen LogP contribution in [-0.4, -0.2) is 16.8 Å². The predicted molar refractivity (Wildman–Crippen MR) is 52.2 cm³/mol. The Labute approximate surface area is 99.2 Å². The quantitative estimate of drug-likeness (QED) is 0.763. The van der Waals surface area contributed by atoms with Gasteiger partial charge < -0.3 is 0 Å². The summed E-state index contributed by atoms with van der Waals surface area (Å²) in [6.07, 6.45) is -3.13. The molecule has 2 heterocycles. The van der Waals surface area contributed by atoms with Gasteiger partial charge in [0, 0.05) is 6.20 Å². The van der Waals surface area contributed by atoms with Crippen molar-refractivity contribution in [2.45, 2.75) is 18.0 Å². The largest absolute Gasteiger partial charge is 0.433 e. The number of hydrogen-bond donors (Lipinski definition) is 1. The van der Waals surface area contributed by atoms with Crippen LogP contribution in [0.4, 0.5) is 13.2 Å².